The molecule has 2 fully saturated rings. The number of hydrogen-bond acceptors (Lipinski definition) is 17. The van der Waals surface area contributed by atoms with Crippen LogP contribution in [0.15, 0.2) is 94.5 Å². The monoisotopic (exact) mass is 1110 g/mol. The Balaban J connectivity index is 0.000000198. The van der Waals surface area contributed by atoms with Crippen LogP contribution in [0.1, 0.15) is 78.3 Å². The number of carbonyl (C=O) groups is 3. The van der Waals surface area contributed by atoms with Gasteiger partial charge < -0.3 is 71.8 Å². The van der Waals surface area contributed by atoms with Crippen molar-refractivity contribution in [2.24, 2.45) is 0 Å². The van der Waals surface area contributed by atoms with E-state index >= 15 is 0 Å². The Kier molecular flexibility index (Phi) is 18.7. The van der Waals surface area contributed by atoms with E-state index in [1.165, 1.54) is 31.9 Å². The molecule has 0 aliphatic carbocycles. The molecule has 0 spiro atoms. The van der Waals surface area contributed by atoms with Crippen molar-refractivity contribution in [2.45, 2.75) is 90.3 Å². The fraction of sp³-hybridized carbons (Fsp3) is 0.459. The van der Waals surface area contributed by atoms with Gasteiger partial charge in [-0.05, 0) is 119 Å². The molecule has 81 heavy (non-hydrogen) atoms. The summed E-state index contributed by atoms with van der Waals surface area (Å²) in [4.78, 5) is 70.7. The molecule has 0 bridgehead atoms. The molecular weight excluding hydrogens is 1040 g/mol. The number of hydrogen-bond donors (Lipinski definition) is 1. The van der Waals surface area contributed by atoms with Gasteiger partial charge >= 0.3 is 18.0 Å². The number of rotatable bonds is 16. The minimum absolute atomic E-state index is 0.0125. The van der Waals surface area contributed by atoms with E-state index in [0.29, 0.717) is 103 Å². The van der Waals surface area contributed by atoms with Crippen molar-refractivity contribution in [1.82, 2.24) is 29.2 Å². The van der Waals surface area contributed by atoms with Crippen LogP contribution in [0.2, 0.25) is 0 Å². The van der Waals surface area contributed by atoms with Crippen molar-refractivity contribution in [2.75, 3.05) is 94.1 Å². The smallest absolute Gasteiger partial charge is 0.410 e. The Bertz CT molecular complexity index is 3340. The van der Waals surface area contributed by atoms with Gasteiger partial charge in [0.25, 0.3) is 11.1 Å². The number of nitrogens with one attached hydrogen (secondary N) is 1. The number of ether oxygens (including phenoxy) is 9. The molecule has 1 amide bonds. The van der Waals surface area contributed by atoms with Crippen LogP contribution in [0, 0.1) is 0 Å². The average molecular weight is 1120 g/mol. The maximum Gasteiger partial charge on any atom is 0.410 e. The van der Waals surface area contributed by atoms with E-state index in [9.17, 15) is 24.0 Å². The third-order valence-electron chi connectivity index (χ3n) is 15.1. The summed E-state index contributed by atoms with van der Waals surface area (Å²) in [7, 11) is 5.76. The Hall–Kier alpha value is -7.81. The lowest BCUT2D eigenvalue weighted by Gasteiger charge is -2.39. The summed E-state index contributed by atoms with van der Waals surface area (Å²) >= 11 is 0. The summed E-state index contributed by atoms with van der Waals surface area (Å²) in [5.74, 6) is 3.17. The Morgan fingerprint density at radius 3 is 1.49 bits per heavy atom. The molecule has 0 atom stereocenters. The van der Waals surface area contributed by atoms with Gasteiger partial charge in [0.05, 0.1) is 50.6 Å². The lowest BCUT2D eigenvalue weighted by molar-refractivity contribution is 0.00559. The highest BCUT2D eigenvalue weighted by Crippen LogP contribution is 2.34. The number of amides is 1. The maximum absolute atomic E-state index is 13.4. The summed E-state index contributed by atoms with van der Waals surface area (Å²) in [5.41, 5.74) is 2.78. The molecule has 4 aliphatic heterocycles. The molecule has 10 rings (SSSR count). The van der Waals surface area contributed by atoms with Crippen LogP contribution in [0.25, 0.3) is 21.8 Å². The molecule has 4 aliphatic rings. The van der Waals surface area contributed by atoms with Crippen molar-refractivity contribution in [3.63, 3.8) is 0 Å². The molecule has 4 aromatic carbocycles. The zero-order valence-corrected chi connectivity index (χ0v) is 47.4. The molecule has 0 saturated carbocycles. The SMILES string of the molecule is COC(=O)c1cc(=O)n(CCN2CCC(N(Cc3ccc4c(c3)OCCO4)C(=O)OC(C)(C)C)CC2)c2cc(OC)ccc12.COC(=O)c1cc(=O)n(CCN2CCC(NCc3ccc4c(c3)OCCO4)CC2)c2cc(OC)ccc12. The normalized spacial score (nSPS) is 15.8. The van der Waals surface area contributed by atoms with Gasteiger partial charge in [0.2, 0.25) is 0 Å². The molecule has 6 aromatic rings. The highest BCUT2D eigenvalue weighted by Gasteiger charge is 2.32. The number of carbonyl (C=O) groups excluding carboxylic acids is 3. The molecule has 2 aromatic heterocycles. The second-order valence-electron chi connectivity index (χ2n) is 21.5. The third kappa shape index (κ3) is 14.2. The highest BCUT2D eigenvalue weighted by atomic mass is 16.6. The van der Waals surface area contributed by atoms with Gasteiger partial charge in [-0.15, -0.1) is 0 Å². The standard InChI is InChI=1S/C33H41N3O8.C28H33N3O6/c1-33(2,3)44-32(39)36(21-22-6-9-28-29(18-22)43-17-16-42-28)23-10-12-34(13-11-23)14-15-35-27-19-24(40-4)7-8-25(27)26(20-30(35)37)31(38)41-5;1-34-21-4-5-22-23(28(33)35-2)17-27(32)31(24(22)16-21)12-11-30-9-7-20(8-10-30)29-18-19-3-6-25-26(15-19)37-14-13-36-25/h6-9,18-20,23H,10-17,21H2,1-5H3;3-6,15-17,20,29H,7-14,18H2,1-2H3. The second kappa shape index (κ2) is 26.2. The Morgan fingerprint density at radius 2 is 1.02 bits per heavy atom. The van der Waals surface area contributed by atoms with Crippen molar-refractivity contribution in [3.05, 3.63) is 128 Å². The zero-order valence-electron chi connectivity index (χ0n) is 47.4. The topological polar surface area (TPSA) is 200 Å². The Labute approximate surface area is 471 Å². The quantitative estimate of drug-likeness (QED) is 0.0747. The first-order valence-electron chi connectivity index (χ1n) is 27.7. The van der Waals surface area contributed by atoms with Gasteiger partial charge in [-0.25, -0.2) is 14.4 Å². The van der Waals surface area contributed by atoms with Crippen LogP contribution >= 0.6 is 0 Å². The zero-order chi connectivity index (χ0) is 57.2. The largest absolute Gasteiger partial charge is 0.497 e. The number of methoxy groups -OCH3 is 4. The summed E-state index contributed by atoms with van der Waals surface area (Å²) in [6.45, 7) is 14.7. The van der Waals surface area contributed by atoms with E-state index in [0.717, 1.165) is 82.0 Å². The summed E-state index contributed by atoms with van der Waals surface area (Å²) in [6.07, 6.45) is 3.25. The number of nitrogens with zero attached hydrogens (tertiary/aromatic N) is 5. The first-order chi connectivity index (χ1) is 39.1. The predicted octanol–water partition coefficient (Wildman–Crippen LogP) is 7.29. The third-order valence-corrected chi connectivity index (χ3v) is 15.1. The van der Waals surface area contributed by atoms with Crippen molar-refractivity contribution in [1.29, 1.82) is 0 Å². The molecule has 0 unspecified atom stereocenters. The number of benzene rings is 4. The minimum atomic E-state index is -0.620. The fourth-order valence-corrected chi connectivity index (χ4v) is 10.8. The van der Waals surface area contributed by atoms with Crippen molar-refractivity contribution in [3.8, 4) is 34.5 Å². The minimum Gasteiger partial charge on any atom is -0.497 e. The predicted molar refractivity (Wildman–Crippen MR) is 305 cm³/mol. The summed E-state index contributed by atoms with van der Waals surface area (Å²) in [6, 6.07) is 25.7. The number of aromatic nitrogens is 2. The highest BCUT2D eigenvalue weighted by molar-refractivity contribution is 6.04. The molecule has 432 valence electrons. The second-order valence-corrected chi connectivity index (χ2v) is 21.5. The van der Waals surface area contributed by atoms with E-state index in [-0.39, 0.29) is 34.4 Å². The summed E-state index contributed by atoms with van der Waals surface area (Å²) < 4.78 is 52.5. The molecule has 1 N–H and O–H groups in total. The van der Waals surface area contributed by atoms with Crippen molar-refractivity contribution >= 4 is 39.8 Å². The number of likely N-dealkylation sites (tertiary alicyclic amines) is 2. The number of fused-ring (bicyclic) bond motifs is 4. The van der Waals surface area contributed by atoms with Crippen LogP contribution in [-0.2, 0) is 40.4 Å². The Morgan fingerprint density at radius 1 is 0.568 bits per heavy atom. The first kappa shape index (κ1) is 57.9. The van der Waals surface area contributed by atoms with Gasteiger partial charge in [0, 0.05) is 99.5 Å². The molecular formula is C61H74N6O14. The van der Waals surface area contributed by atoms with Gasteiger partial charge in [-0.3, -0.25) is 9.59 Å². The van der Waals surface area contributed by atoms with E-state index < -0.39 is 17.5 Å². The van der Waals surface area contributed by atoms with Crippen LogP contribution < -0.4 is 44.9 Å². The van der Waals surface area contributed by atoms with Gasteiger partial charge in [0.15, 0.2) is 23.0 Å². The fourth-order valence-electron chi connectivity index (χ4n) is 10.8. The van der Waals surface area contributed by atoms with Crippen LogP contribution in [-0.4, -0.2) is 154 Å². The number of pyridine rings is 2. The van der Waals surface area contributed by atoms with Gasteiger partial charge in [0.1, 0.15) is 43.5 Å². The first-order valence-corrected chi connectivity index (χ1v) is 27.7. The number of esters is 2. The van der Waals surface area contributed by atoms with Gasteiger partial charge in [-0.2, -0.15) is 0 Å². The van der Waals surface area contributed by atoms with Crippen LogP contribution in [0.5, 0.6) is 34.5 Å². The molecule has 0 radical (unpaired) electrons. The van der Waals surface area contributed by atoms with Gasteiger partial charge in [-0.1, -0.05) is 12.1 Å². The lowest BCUT2D eigenvalue weighted by atomic mass is 10.0. The summed E-state index contributed by atoms with van der Waals surface area (Å²) in [5, 5.41) is 4.97. The van der Waals surface area contributed by atoms with Crippen LogP contribution in [0.4, 0.5) is 4.79 Å². The maximum atomic E-state index is 13.4. The van der Waals surface area contributed by atoms with E-state index in [4.69, 9.17) is 42.6 Å². The molecule has 20 nitrogen and oxygen atoms in total. The van der Waals surface area contributed by atoms with Crippen molar-refractivity contribution < 1.29 is 57.0 Å². The molecule has 2 saturated heterocycles. The number of piperidine rings is 2. The van der Waals surface area contributed by atoms with E-state index in [2.05, 4.69) is 27.2 Å². The van der Waals surface area contributed by atoms with E-state index in [1.807, 2.05) is 49.9 Å². The average Bonchev–Trinajstić information content (AvgIpc) is 3.69. The lowest BCUT2D eigenvalue weighted by Crippen LogP contribution is -2.49. The molecule has 6 heterocycles. The van der Waals surface area contributed by atoms with E-state index in [1.54, 1.807) is 59.8 Å². The van der Waals surface area contributed by atoms with Crippen LogP contribution in [0.3, 0.4) is 0 Å². The molecule has 20 heteroatoms.